The van der Waals surface area contributed by atoms with Gasteiger partial charge in [0.1, 0.15) is 0 Å². The average Bonchev–Trinajstić information content (AvgIpc) is 2.48. The molecular formula is C17H18ClNO. The summed E-state index contributed by atoms with van der Waals surface area (Å²) in [5.41, 5.74) is 4.00. The molecule has 20 heavy (non-hydrogen) atoms. The lowest BCUT2D eigenvalue weighted by Crippen LogP contribution is -2.26. The van der Waals surface area contributed by atoms with E-state index in [0.29, 0.717) is 18.0 Å². The number of benzene rings is 2. The van der Waals surface area contributed by atoms with Gasteiger partial charge in [-0.05, 0) is 35.7 Å². The number of nitrogens with zero attached hydrogens (tertiary/aromatic N) is 1. The highest BCUT2D eigenvalue weighted by atomic mass is 35.5. The van der Waals surface area contributed by atoms with Crippen LogP contribution in [0.5, 0.6) is 0 Å². The fourth-order valence-corrected chi connectivity index (χ4v) is 2.29. The molecule has 0 N–H and O–H groups in total. The number of hydrogen-bond donors (Lipinski definition) is 0. The number of amides is 1. The quantitative estimate of drug-likeness (QED) is 0.778. The van der Waals surface area contributed by atoms with Crippen molar-refractivity contribution in [1.29, 1.82) is 0 Å². The Bertz CT molecular complexity index is 609. The lowest BCUT2D eigenvalue weighted by Gasteiger charge is -2.19. The summed E-state index contributed by atoms with van der Waals surface area (Å²) in [6, 6.07) is 15.6. The fraction of sp³-hybridized carbons (Fsp3) is 0.235. The van der Waals surface area contributed by atoms with Gasteiger partial charge in [0, 0.05) is 25.0 Å². The van der Waals surface area contributed by atoms with Gasteiger partial charge >= 0.3 is 0 Å². The SMILES string of the molecule is Cc1ccccc1CN(C)C(=O)c1cccc(CCl)c1. The third-order valence-electron chi connectivity index (χ3n) is 3.34. The minimum atomic E-state index is 0.0141. The Balaban J connectivity index is 2.14. The second kappa shape index (κ2) is 6.58. The predicted molar refractivity (Wildman–Crippen MR) is 83.0 cm³/mol. The summed E-state index contributed by atoms with van der Waals surface area (Å²) in [7, 11) is 1.82. The standard InChI is InChI=1S/C17H18ClNO/c1-13-6-3-4-8-16(13)12-19(2)17(20)15-9-5-7-14(10-15)11-18/h3-10H,11-12H2,1-2H3. The third-order valence-corrected chi connectivity index (χ3v) is 3.65. The number of carbonyl (C=O) groups is 1. The number of aryl methyl sites for hydroxylation is 1. The van der Waals surface area contributed by atoms with E-state index in [9.17, 15) is 4.79 Å². The molecule has 0 heterocycles. The van der Waals surface area contributed by atoms with Gasteiger partial charge in [-0.2, -0.15) is 0 Å². The Labute approximate surface area is 125 Å². The first-order valence-electron chi connectivity index (χ1n) is 6.56. The zero-order valence-electron chi connectivity index (χ0n) is 11.8. The molecule has 0 saturated carbocycles. The summed E-state index contributed by atoms with van der Waals surface area (Å²) in [5, 5.41) is 0. The summed E-state index contributed by atoms with van der Waals surface area (Å²) in [5.74, 6) is 0.433. The molecule has 2 aromatic rings. The van der Waals surface area contributed by atoms with Crippen molar-refractivity contribution in [1.82, 2.24) is 4.90 Å². The third kappa shape index (κ3) is 3.40. The summed E-state index contributed by atoms with van der Waals surface area (Å²) in [6.45, 7) is 2.67. The highest BCUT2D eigenvalue weighted by molar-refractivity contribution is 6.17. The molecule has 0 fully saturated rings. The molecule has 2 aromatic carbocycles. The zero-order chi connectivity index (χ0) is 14.5. The van der Waals surface area contributed by atoms with Gasteiger partial charge in [0.15, 0.2) is 0 Å². The molecule has 2 nitrogen and oxygen atoms in total. The Morgan fingerprint density at radius 2 is 1.90 bits per heavy atom. The molecular weight excluding hydrogens is 270 g/mol. The summed E-state index contributed by atoms with van der Waals surface area (Å²) in [6.07, 6.45) is 0. The van der Waals surface area contributed by atoms with Crippen molar-refractivity contribution in [3.8, 4) is 0 Å². The van der Waals surface area contributed by atoms with Gasteiger partial charge in [-0.1, -0.05) is 36.4 Å². The van der Waals surface area contributed by atoms with Crippen LogP contribution in [-0.4, -0.2) is 17.9 Å². The van der Waals surface area contributed by atoms with Crippen molar-refractivity contribution in [2.75, 3.05) is 7.05 Å². The minimum Gasteiger partial charge on any atom is -0.337 e. The maximum atomic E-state index is 12.4. The van der Waals surface area contributed by atoms with Crippen molar-refractivity contribution in [2.45, 2.75) is 19.3 Å². The van der Waals surface area contributed by atoms with Crippen molar-refractivity contribution >= 4 is 17.5 Å². The van der Waals surface area contributed by atoms with Crippen LogP contribution in [-0.2, 0) is 12.4 Å². The van der Waals surface area contributed by atoms with Crippen LogP contribution < -0.4 is 0 Å². The van der Waals surface area contributed by atoms with Gasteiger partial charge in [0.2, 0.25) is 0 Å². The van der Waals surface area contributed by atoms with E-state index in [-0.39, 0.29) is 5.91 Å². The van der Waals surface area contributed by atoms with E-state index in [2.05, 4.69) is 13.0 Å². The normalized spacial score (nSPS) is 10.3. The lowest BCUT2D eigenvalue weighted by atomic mass is 10.1. The molecule has 0 aliphatic rings. The lowest BCUT2D eigenvalue weighted by molar-refractivity contribution is 0.0785. The Kier molecular flexibility index (Phi) is 4.80. The van der Waals surface area contributed by atoms with E-state index in [1.165, 1.54) is 5.56 Å². The molecule has 0 aliphatic carbocycles. The molecule has 0 spiro atoms. The second-order valence-corrected chi connectivity index (χ2v) is 5.19. The fourth-order valence-electron chi connectivity index (χ4n) is 2.12. The van der Waals surface area contributed by atoms with Gasteiger partial charge in [0.25, 0.3) is 5.91 Å². The first-order chi connectivity index (χ1) is 9.61. The Morgan fingerprint density at radius 3 is 2.60 bits per heavy atom. The molecule has 0 aromatic heterocycles. The van der Waals surface area contributed by atoms with Crippen LogP contribution in [0.3, 0.4) is 0 Å². The molecule has 2 rings (SSSR count). The van der Waals surface area contributed by atoms with Crippen LogP contribution in [0.2, 0.25) is 0 Å². The van der Waals surface area contributed by atoms with Crippen LogP contribution in [0.25, 0.3) is 0 Å². The molecule has 0 unspecified atom stereocenters. The number of rotatable bonds is 4. The van der Waals surface area contributed by atoms with Gasteiger partial charge < -0.3 is 4.90 Å². The second-order valence-electron chi connectivity index (χ2n) is 4.92. The van der Waals surface area contributed by atoms with E-state index in [1.54, 1.807) is 4.90 Å². The van der Waals surface area contributed by atoms with Crippen LogP contribution in [0, 0.1) is 6.92 Å². The van der Waals surface area contributed by atoms with E-state index >= 15 is 0 Å². The molecule has 1 amide bonds. The number of carbonyl (C=O) groups excluding carboxylic acids is 1. The van der Waals surface area contributed by atoms with Crippen LogP contribution in [0.1, 0.15) is 27.0 Å². The molecule has 104 valence electrons. The van der Waals surface area contributed by atoms with Gasteiger partial charge in [0.05, 0.1) is 0 Å². The van der Waals surface area contributed by atoms with Gasteiger partial charge in [-0.15, -0.1) is 11.6 Å². The molecule has 0 bridgehead atoms. The van der Waals surface area contributed by atoms with E-state index < -0.39 is 0 Å². The van der Waals surface area contributed by atoms with Crippen molar-refractivity contribution in [2.24, 2.45) is 0 Å². The zero-order valence-corrected chi connectivity index (χ0v) is 12.5. The van der Waals surface area contributed by atoms with Crippen molar-refractivity contribution < 1.29 is 4.79 Å². The summed E-state index contributed by atoms with van der Waals surface area (Å²) < 4.78 is 0. The number of halogens is 1. The minimum absolute atomic E-state index is 0.0141. The largest absolute Gasteiger partial charge is 0.337 e. The van der Waals surface area contributed by atoms with Crippen LogP contribution >= 0.6 is 11.6 Å². The molecule has 0 aliphatic heterocycles. The number of alkyl halides is 1. The predicted octanol–water partition coefficient (Wildman–Crippen LogP) is 4.01. The summed E-state index contributed by atoms with van der Waals surface area (Å²) >= 11 is 5.81. The molecule has 0 atom stereocenters. The van der Waals surface area contributed by atoms with E-state index in [1.807, 2.05) is 49.5 Å². The van der Waals surface area contributed by atoms with Crippen molar-refractivity contribution in [3.63, 3.8) is 0 Å². The topological polar surface area (TPSA) is 20.3 Å². The highest BCUT2D eigenvalue weighted by Gasteiger charge is 2.13. The Morgan fingerprint density at radius 1 is 1.15 bits per heavy atom. The maximum absolute atomic E-state index is 12.4. The smallest absolute Gasteiger partial charge is 0.253 e. The monoisotopic (exact) mass is 287 g/mol. The van der Waals surface area contributed by atoms with Gasteiger partial charge in [-0.3, -0.25) is 4.79 Å². The van der Waals surface area contributed by atoms with Crippen LogP contribution in [0.15, 0.2) is 48.5 Å². The molecule has 0 radical (unpaired) electrons. The molecule has 3 heteroatoms. The maximum Gasteiger partial charge on any atom is 0.253 e. The number of hydrogen-bond acceptors (Lipinski definition) is 1. The van der Waals surface area contributed by atoms with Gasteiger partial charge in [-0.25, -0.2) is 0 Å². The molecule has 0 saturated heterocycles. The first-order valence-corrected chi connectivity index (χ1v) is 7.10. The van der Waals surface area contributed by atoms with Crippen LogP contribution in [0.4, 0.5) is 0 Å². The highest BCUT2D eigenvalue weighted by Crippen LogP contribution is 2.14. The summed E-state index contributed by atoms with van der Waals surface area (Å²) in [4.78, 5) is 14.1. The van der Waals surface area contributed by atoms with Crippen molar-refractivity contribution in [3.05, 3.63) is 70.8 Å². The first kappa shape index (κ1) is 14.6. The average molecular weight is 288 g/mol. The Hall–Kier alpha value is -1.80. The van der Waals surface area contributed by atoms with E-state index in [4.69, 9.17) is 11.6 Å². The van der Waals surface area contributed by atoms with E-state index in [0.717, 1.165) is 11.1 Å².